The van der Waals surface area contributed by atoms with Crippen LogP contribution in [-0.4, -0.2) is 31.4 Å². The van der Waals surface area contributed by atoms with Crippen molar-refractivity contribution >= 4 is 23.0 Å². The predicted molar refractivity (Wildman–Crippen MR) is 154 cm³/mol. The number of fused-ring (bicyclic) bond motifs is 1. The number of nitrogens with one attached hydrogen (secondary N) is 1. The van der Waals surface area contributed by atoms with E-state index in [4.69, 9.17) is 9.59 Å². The Labute approximate surface area is 233 Å². The zero-order valence-electron chi connectivity index (χ0n) is 23.4. The van der Waals surface area contributed by atoms with E-state index in [2.05, 4.69) is 88.4 Å². The Bertz CT molecular complexity index is 1640. The summed E-state index contributed by atoms with van der Waals surface area (Å²) in [5, 5.41) is 8.63. The molecule has 0 aliphatic heterocycles. The van der Waals surface area contributed by atoms with Gasteiger partial charge in [0.1, 0.15) is 6.33 Å². The summed E-state index contributed by atoms with van der Waals surface area (Å²) in [6.45, 7) is 11.1. The van der Waals surface area contributed by atoms with Gasteiger partial charge in [0.15, 0.2) is 5.82 Å². The van der Waals surface area contributed by atoms with Crippen molar-refractivity contribution < 1.29 is 14.4 Å². The molecule has 1 atom stereocenters. The molecule has 0 aliphatic carbocycles. The molecule has 0 saturated carbocycles. The van der Waals surface area contributed by atoms with Gasteiger partial charge in [-0.25, -0.2) is 4.98 Å². The first-order valence-corrected chi connectivity index (χ1v) is 13.2. The number of amides is 1. The lowest BCUT2D eigenvalue weighted by Gasteiger charge is -2.12. The second kappa shape index (κ2) is 12.4. The number of nitrogens with zero attached hydrogens (tertiary/aromatic N) is 4. The van der Waals surface area contributed by atoms with E-state index < -0.39 is 0 Å². The number of carbonyl (C=O) groups excluding carboxylic acids is 3. The number of aryl methyl sites for hydroxylation is 1. The number of carbonyl (C=O) groups is 1. The van der Waals surface area contributed by atoms with Crippen LogP contribution in [0.15, 0.2) is 79.1 Å². The Morgan fingerprint density at radius 1 is 0.925 bits per heavy atom. The van der Waals surface area contributed by atoms with E-state index in [0.717, 1.165) is 17.4 Å². The number of benzene rings is 3. The lowest BCUT2D eigenvalue weighted by molar-refractivity contribution is -0.191. The van der Waals surface area contributed by atoms with Gasteiger partial charge in [0, 0.05) is 34.7 Å². The second-order valence-electron chi connectivity index (χ2n) is 10.0. The van der Waals surface area contributed by atoms with Crippen molar-refractivity contribution in [2.45, 2.75) is 53.2 Å². The maximum absolute atomic E-state index is 13.1. The molecule has 2 heterocycles. The van der Waals surface area contributed by atoms with Gasteiger partial charge in [-0.1, -0.05) is 54.6 Å². The highest BCUT2D eigenvalue weighted by Crippen LogP contribution is 2.28. The van der Waals surface area contributed by atoms with Gasteiger partial charge < -0.3 is 9.88 Å². The second-order valence-corrected chi connectivity index (χ2v) is 10.0. The van der Waals surface area contributed by atoms with Crippen molar-refractivity contribution in [3.05, 3.63) is 107 Å². The van der Waals surface area contributed by atoms with Crippen LogP contribution in [0.3, 0.4) is 0 Å². The molecule has 8 heteroatoms. The fraction of sp³-hybridized carbons (Fsp3) is 0.250. The molecule has 0 bridgehead atoms. The van der Waals surface area contributed by atoms with Crippen molar-refractivity contribution in [2.75, 3.05) is 0 Å². The van der Waals surface area contributed by atoms with Crippen LogP contribution >= 0.6 is 0 Å². The Kier molecular flexibility index (Phi) is 8.72. The van der Waals surface area contributed by atoms with Gasteiger partial charge in [-0.2, -0.15) is 14.7 Å². The van der Waals surface area contributed by atoms with Crippen molar-refractivity contribution in [1.82, 2.24) is 24.6 Å². The monoisotopic (exact) mass is 535 g/mol. The molecule has 204 valence electrons. The van der Waals surface area contributed by atoms with Crippen LogP contribution in [0.5, 0.6) is 0 Å². The molecule has 5 rings (SSSR count). The zero-order valence-corrected chi connectivity index (χ0v) is 23.4. The highest BCUT2D eigenvalue weighted by molar-refractivity contribution is 5.99. The fourth-order valence-corrected chi connectivity index (χ4v) is 4.69. The van der Waals surface area contributed by atoms with E-state index in [-0.39, 0.29) is 24.1 Å². The zero-order chi connectivity index (χ0) is 28.8. The van der Waals surface area contributed by atoms with Crippen molar-refractivity contribution in [3.8, 4) is 11.1 Å². The predicted octanol–water partition coefficient (Wildman–Crippen LogP) is 6.05. The lowest BCUT2D eigenvalue weighted by Crippen LogP contribution is -2.27. The summed E-state index contributed by atoms with van der Waals surface area (Å²) in [6.07, 6.45) is 1.96. The number of hydrogen-bond acceptors (Lipinski definition) is 5. The Hall–Kier alpha value is -4.81. The minimum absolute atomic E-state index is 0.128. The molecule has 5 aromatic rings. The van der Waals surface area contributed by atoms with E-state index >= 15 is 0 Å². The molecule has 8 nitrogen and oxygen atoms in total. The molecule has 0 saturated heterocycles. The lowest BCUT2D eigenvalue weighted by atomic mass is 10.0. The molecule has 40 heavy (non-hydrogen) atoms. The average Bonchev–Trinajstić information content (AvgIpc) is 3.55. The van der Waals surface area contributed by atoms with Gasteiger partial charge in [-0.3, -0.25) is 9.48 Å². The molecule has 1 amide bonds. The third-order valence-electron chi connectivity index (χ3n) is 7.09. The Morgan fingerprint density at radius 2 is 1.57 bits per heavy atom. The summed E-state index contributed by atoms with van der Waals surface area (Å²) < 4.78 is 4.13. The molecule has 0 radical (unpaired) electrons. The van der Waals surface area contributed by atoms with Crippen LogP contribution in [-0.2, 0) is 16.1 Å². The minimum atomic E-state index is -0.283. The molecular formula is C32H33N5O3. The average molecular weight is 536 g/mol. The smallest absolute Gasteiger partial charge is 0.342 e. The third kappa shape index (κ3) is 6.08. The van der Waals surface area contributed by atoms with Gasteiger partial charge in [0.05, 0.1) is 6.04 Å². The highest BCUT2D eigenvalue weighted by Gasteiger charge is 2.18. The van der Waals surface area contributed by atoms with E-state index in [1.54, 1.807) is 11.0 Å². The first kappa shape index (κ1) is 28.2. The highest BCUT2D eigenvalue weighted by atomic mass is 16.2. The first-order valence-electron chi connectivity index (χ1n) is 13.2. The Balaban J connectivity index is 0.00000118. The number of hydrogen-bond donors (Lipinski definition) is 1. The quantitative estimate of drug-likeness (QED) is 0.273. The molecule has 3 aromatic carbocycles. The number of aromatic nitrogens is 4. The van der Waals surface area contributed by atoms with Crippen LogP contribution in [0.2, 0.25) is 0 Å². The van der Waals surface area contributed by atoms with E-state index in [1.165, 1.54) is 27.9 Å². The summed E-state index contributed by atoms with van der Waals surface area (Å²) in [5.74, 6) is 0.483. The van der Waals surface area contributed by atoms with Gasteiger partial charge >= 0.3 is 6.15 Å². The van der Waals surface area contributed by atoms with E-state index in [9.17, 15) is 4.79 Å². The summed E-state index contributed by atoms with van der Waals surface area (Å²) in [6, 6.07) is 25.1. The third-order valence-corrected chi connectivity index (χ3v) is 7.09. The summed E-state index contributed by atoms with van der Waals surface area (Å²) in [5.41, 5.74) is 7.83. The molecule has 0 fully saturated rings. The first-order chi connectivity index (χ1) is 19.2. The molecule has 0 aliphatic rings. The van der Waals surface area contributed by atoms with Crippen LogP contribution in [0.4, 0.5) is 0 Å². The fourth-order valence-electron chi connectivity index (χ4n) is 4.69. The SMILES string of the molecule is Cc1c(C)n(Cc2ccc(-c3ccccc3)cc2)c2ccc(C(=O)N[C@@H](C)c3ncn(C(C)C)n3)cc12.O=C=O. The molecule has 0 unspecified atom stereocenters. The largest absolute Gasteiger partial charge is 0.373 e. The van der Waals surface area contributed by atoms with E-state index in [1.807, 2.05) is 39.0 Å². The van der Waals surface area contributed by atoms with Crippen molar-refractivity contribution in [1.29, 1.82) is 0 Å². The normalized spacial score (nSPS) is 11.6. The molecular weight excluding hydrogens is 502 g/mol. The summed E-state index contributed by atoms with van der Waals surface area (Å²) in [7, 11) is 0. The molecule has 0 spiro atoms. The Morgan fingerprint density at radius 3 is 2.20 bits per heavy atom. The molecule has 1 N–H and O–H groups in total. The van der Waals surface area contributed by atoms with Crippen LogP contribution in [0.25, 0.3) is 22.0 Å². The van der Waals surface area contributed by atoms with Crippen LogP contribution in [0.1, 0.15) is 65.9 Å². The van der Waals surface area contributed by atoms with Crippen LogP contribution in [0, 0.1) is 13.8 Å². The van der Waals surface area contributed by atoms with Gasteiger partial charge in [0.25, 0.3) is 5.91 Å². The van der Waals surface area contributed by atoms with E-state index in [0.29, 0.717) is 11.4 Å². The van der Waals surface area contributed by atoms with Crippen molar-refractivity contribution in [2.24, 2.45) is 0 Å². The maximum Gasteiger partial charge on any atom is 0.373 e. The minimum Gasteiger partial charge on any atom is -0.342 e. The standard InChI is InChI=1S/C31H33N5O.CO2/c1-20(2)36-19-32-30(34-36)22(4)33-31(37)27-15-16-29-28(17-27)21(3)23(5)35(29)18-24-11-13-26(14-12-24)25-9-7-6-8-10-25;2-1-3/h6-17,19-20,22H,18H2,1-5H3,(H,33,37);/t22-;/m0./s1. The summed E-state index contributed by atoms with van der Waals surface area (Å²) >= 11 is 0. The molecule has 2 aromatic heterocycles. The van der Waals surface area contributed by atoms with Gasteiger partial charge in [0.2, 0.25) is 0 Å². The van der Waals surface area contributed by atoms with Gasteiger partial charge in [-0.15, -0.1) is 0 Å². The summed E-state index contributed by atoms with van der Waals surface area (Å²) in [4.78, 5) is 33.7. The maximum atomic E-state index is 13.1. The van der Waals surface area contributed by atoms with Crippen molar-refractivity contribution in [3.63, 3.8) is 0 Å². The topological polar surface area (TPSA) is 98.9 Å². The number of rotatable bonds is 7. The van der Waals surface area contributed by atoms with Crippen LogP contribution < -0.4 is 5.32 Å². The van der Waals surface area contributed by atoms with Gasteiger partial charge in [-0.05, 0) is 75.1 Å².